The van der Waals surface area contributed by atoms with Crippen molar-refractivity contribution in [2.45, 2.75) is 6.42 Å². The van der Waals surface area contributed by atoms with Crippen LogP contribution in [0, 0.1) is 0 Å². The first kappa shape index (κ1) is 8.23. The molecule has 49 valence electrons. The van der Waals surface area contributed by atoms with Crippen LogP contribution in [0.25, 0.3) is 0 Å². The Kier molecular flexibility index (Phi) is 5.52. The Balaban J connectivity index is 2.72. The van der Waals surface area contributed by atoms with Crippen LogP contribution in [0.5, 0.6) is 0 Å². The van der Waals surface area contributed by atoms with Crippen molar-refractivity contribution < 1.29 is 9.39 Å². The van der Waals surface area contributed by atoms with Gasteiger partial charge in [-0.15, -0.1) is 5.90 Å². The molecule has 0 fully saturated rings. The maximum Gasteiger partial charge on any atom is 0.107 e. The van der Waals surface area contributed by atoms with Gasteiger partial charge in [0.25, 0.3) is 0 Å². The molecule has 4 heteroatoms. The summed E-state index contributed by atoms with van der Waals surface area (Å²) in [6.45, 7) is 0.388. The van der Waals surface area contributed by atoms with Gasteiger partial charge in [0.1, 0.15) is 5.75 Å². The molecular weight excluding hydrogens is 126 g/mol. The normalized spacial score (nSPS) is 13.9. The van der Waals surface area contributed by atoms with Gasteiger partial charge in [-0.05, 0) is 0 Å². The zero-order chi connectivity index (χ0) is 6.41. The summed E-state index contributed by atoms with van der Waals surface area (Å²) in [6, 6.07) is 0. The molecule has 1 atom stereocenters. The van der Waals surface area contributed by atoms with Crippen LogP contribution in [-0.4, -0.2) is 23.2 Å². The van der Waals surface area contributed by atoms with E-state index in [2.05, 4.69) is 4.84 Å². The molecule has 0 rings (SSSR count). The van der Waals surface area contributed by atoms with E-state index in [1.807, 2.05) is 0 Å². The third kappa shape index (κ3) is 6.23. The van der Waals surface area contributed by atoms with Gasteiger partial charge >= 0.3 is 0 Å². The van der Waals surface area contributed by atoms with Crippen LogP contribution in [0.3, 0.4) is 0 Å². The van der Waals surface area contributed by atoms with Gasteiger partial charge in [0.05, 0.1) is 12.9 Å². The molecule has 0 aromatic heterocycles. The summed E-state index contributed by atoms with van der Waals surface area (Å²) in [5, 5.41) is 0. The first-order valence-corrected chi connectivity index (χ1v) is 4.08. The van der Waals surface area contributed by atoms with Gasteiger partial charge in [-0.25, -0.2) is 0 Å². The second-order valence-electron chi connectivity index (χ2n) is 1.48. The molecule has 0 heterocycles. The van der Waals surface area contributed by atoms with E-state index in [0.29, 0.717) is 18.8 Å². The van der Waals surface area contributed by atoms with Crippen molar-refractivity contribution in [3.8, 4) is 0 Å². The van der Waals surface area contributed by atoms with Crippen LogP contribution in [0.4, 0.5) is 0 Å². The second-order valence-corrected chi connectivity index (χ2v) is 3.03. The second kappa shape index (κ2) is 5.37. The van der Waals surface area contributed by atoms with Gasteiger partial charge in [-0.3, -0.25) is 4.84 Å². The van der Waals surface area contributed by atoms with E-state index < -0.39 is 11.2 Å². The van der Waals surface area contributed by atoms with E-state index in [-0.39, 0.29) is 0 Å². The van der Waals surface area contributed by atoms with E-state index in [9.17, 15) is 4.55 Å². The monoisotopic (exact) mass is 136 g/mol. The average Bonchev–Trinajstić information content (AvgIpc) is 1.66. The number of hydrogen-bond donors (Lipinski definition) is 0. The smallest absolute Gasteiger partial charge is 0.107 e. The molecule has 0 spiro atoms. The lowest BCUT2D eigenvalue weighted by atomic mass is 10.5. The van der Waals surface area contributed by atoms with Crippen LogP contribution in [0.2, 0.25) is 0 Å². The molecule has 0 aliphatic rings. The van der Waals surface area contributed by atoms with Gasteiger partial charge in [0.15, 0.2) is 0 Å². The molecule has 1 N–H and O–H groups in total. The molecule has 0 aliphatic heterocycles. The maximum absolute atomic E-state index is 10.3. The summed E-state index contributed by atoms with van der Waals surface area (Å²) in [4.78, 5) is 4.01. The molecular formula is C4H10NO2S. The maximum atomic E-state index is 10.3. The van der Waals surface area contributed by atoms with Gasteiger partial charge in [0.2, 0.25) is 0 Å². The Morgan fingerprint density at radius 2 is 2.38 bits per heavy atom. The van der Waals surface area contributed by atoms with Crippen molar-refractivity contribution in [3.05, 3.63) is 0 Å². The standard InChI is InChI=1S/C4H10NO2S/c1-8(6)4-2-3-7-5/h5H,2-4H2,1H3. The van der Waals surface area contributed by atoms with E-state index in [0.717, 1.165) is 0 Å². The van der Waals surface area contributed by atoms with Crippen LogP contribution >= 0.6 is 0 Å². The molecule has 0 saturated carbocycles. The minimum atomic E-state index is -0.730. The molecule has 0 aromatic rings. The molecule has 1 radical (unpaired) electrons. The van der Waals surface area contributed by atoms with Gasteiger partial charge < -0.3 is 4.55 Å². The summed E-state index contributed by atoms with van der Waals surface area (Å²) in [6.07, 6.45) is 2.36. The van der Waals surface area contributed by atoms with E-state index in [4.69, 9.17) is 5.90 Å². The summed E-state index contributed by atoms with van der Waals surface area (Å²) >= 11 is -0.730. The number of nitrogens with one attached hydrogen (secondary N) is 1. The first-order valence-electron chi connectivity index (χ1n) is 2.36. The summed E-state index contributed by atoms with van der Waals surface area (Å²) in [5.41, 5.74) is 0. The molecule has 3 nitrogen and oxygen atoms in total. The lowest BCUT2D eigenvalue weighted by Crippen LogP contribution is -2.05. The Bertz CT molecular complexity index is 51.3. The fourth-order valence-corrected chi connectivity index (χ4v) is 0.859. The molecule has 8 heavy (non-hydrogen) atoms. The minimum absolute atomic E-state index is 0.388. The first-order chi connectivity index (χ1) is 3.77. The Morgan fingerprint density at radius 3 is 2.75 bits per heavy atom. The molecule has 1 unspecified atom stereocenters. The fourth-order valence-electron chi connectivity index (χ4n) is 0.334. The van der Waals surface area contributed by atoms with Crippen molar-refractivity contribution in [2.24, 2.45) is 0 Å². The molecule has 0 saturated heterocycles. The van der Waals surface area contributed by atoms with E-state index >= 15 is 0 Å². The third-order valence-electron chi connectivity index (χ3n) is 0.678. The quantitative estimate of drug-likeness (QED) is 0.309. The van der Waals surface area contributed by atoms with E-state index in [1.54, 1.807) is 6.26 Å². The van der Waals surface area contributed by atoms with Crippen LogP contribution in [0.1, 0.15) is 6.42 Å². The summed E-state index contributed by atoms with van der Waals surface area (Å²) in [5.74, 6) is 6.89. The highest BCUT2D eigenvalue weighted by atomic mass is 32.2. The topological polar surface area (TPSA) is 56.1 Å². The summed E-state index contributed by atoms with van der Waals surface area (Å²) in [7, 11) is 0. The SMILES string of the molecule is C[S+]([O-])CCCO[NH]. The Hall–Kier alpha value is 0.230. The van der Waals surface area contributed by atoms with Crippen molar-refractivity contribution in [1.29, 1.82) is 0 Å². The lowest BCUT2D eigenvalue weighted by molar-refractivity contribution is 0.119. The zero-order valence-electron chi connectivity index (χ0n) is 4.85. The predicted molar refractivity (Wildman–Crippen MR) is 32.6 cm³/mol. The van der Waals surface area contributed by atoms with Crippen molar-refractivity contribution in [3.63, 3.8) is 0 Å². The van der Waals surface area contributed by atoms with E-state index in [1.165, 1.54) is 0 Å². The number of hydrogen-bond acceptors (Lipinski definition) is 2. The highest BCUT2D eigenvalue weighted by molar-refractivity contribution is 7.90. The van der Waals surface area contributed by atoms with Gasteiger partial charge in [-0.1, -0.05) is 11.2 Å². The van der Waals surface area contributed by atoms with Crippen LogP contribution in [0.15, 0.2) is 0 Å². The van der Waals surface area contributed by atoms with Gasteiger partial charge in [0, 0.05) is 6.42 Å². The summed E-state index contributed by atoms with van der Waals surface area (Å²) < 4.78 is 10.3. The Morgan fingerprint density at radius 1 is 1.75 bits per heavy atom. The molecule has 0 bridgehead atoms. The zero-order valence-corrected chi connectivity index (χ0v) is 5.66. The fraction of sp³-hybridized carbons (Fsp3) is 1.00. The van der Waals surface area contributed by atoms with Crippen molar-refractivity contribution in [2.75, 3.05) is 18.6 Å². The van der Waals surface area contributed by atoms with Crippen molar-refractivity contribution in [1.82, 2.24) is 5.90 Å². The minimum Gasteiger partial charge on any atom is -0.617 e. The van der Waals surface area contributed by atoms with Gasteiger partial charge in [-0.2, -0.15) is 0 Å². The highest BCUT2D eigenvalue weighted by Crippen LogP contribution is 1.87. The average molecular weight is 136 g/mol. The van der Waals surface area contributed by atoms with Crippen LogP contribution in [-0.2, 0) is 16.0 Å². The van der Waals surface area contributed by atoms with Crippen molar-refractivity contribution >= 4 is 11.2 Å². The molecule has 0 amide bonds. The largest absolute Gasteiger partial charge is 0.617 e. The highest BCUT2D eigenvalue weighted by Gasteiger charge is 1.94. The predicted octanol–water partition coefficient (Wildman–Crippen LogP) is -0.0305. The molecule has 0 aliphatic carbocycles. The Labute approximate surface area is 52.3 Å². The third-order valence-corrected chi connectivity index (χ3v) is 1.54. The van der Waals surface area contributed by atoms with Crippen LogP contribution < -0.4 is 5.90 Å². The number of rotatable bonds is 4. The lowest BCUT2D eigenvalue weighted by Gasteiger charge is -2.01. The molecule has 0 aromatic carbocycles.